The first-order chi connectivity index (χ1) is 12.8. The number of rotatable bonds is 4. The minimum absolute atomic E-state index is 0.0921. The number of nitrogens with zero attached hydrogens (tertiary/aromatic N) is 6. The van der Waals surface area contributed by atoms with Gasteiger partial charge in [-0.15, -0.1) is 0 Å². The highest BCUT2D eigenvalue weighted by Crippen LogP contribution is 2.32. The van der Waals surface area contributed by atoms with Gasteiger partial charge in [0.05, 0.1) is 0 Å². The van der Waals surface area contributed by atoms with E-state index in [0.29, 0.717) is 24.0 Å². The number of carbonyl (C=O) groups is 1. The van der Waals surface area contributed by atoms with Crippen molar-refractivity contribution in [2.75, 3.05) is 6.54 Å². The number of likely N-dealkylation sites (tertiary alicyclic amines) is 1. The molecule has 26 heavy (non-hydrogen) atoms. The zero-order valence-corrected chi connectivity index (χ0v) is 14.6. The van der Waals surface area contributed by atoms with Crippen molar-refractivity contribution in [3.63, 3.8) is 0 Å². The zero-order chi connectivity index (χ0) is 17.9. The van der Waals surface area contributed by atoms with Crippen LogP contribution in [0.4, 0.5) is 0 Å². The maximum absolute atomic E-state index is 12.9. The van der Waals surface area contributed by atoms with E-state index in [9.17, 15) is 4.79 Å². The van der Waals surface area contributed by atoms with Crippen LogP contribution in [0.15, 0.2) is 41.3 Å². The molecule has 0 aromatic carbocycles. The molecule has 1 atom stereocenters. The lowest BCUT2D eigenvalue weighted by molar-refractivity contribution is 0.0554. The molecule has 0 bridgehead atoms. The van der Waals surface area contributed by atoms with Gasteiger partial charge >= 0.3 is 0 Å². The Hall–Kier alpha value is -3.03. The lowest BCUT2D eigenvalue weighted by Crippen LogP contribution is -2.39. The average molecular weight is 352 g/mol. The lowest BCUT2D eigenvalue weighted by Gasteiger charge is -2.32. The maximum Gasteiger partial charge on any atom is 0.275 e. The molecule has 3 aromatic rings. The second-order valence-electron chi connectivity index (χ2n) is 6.26. The summed E-state index contributed by atoms with van der Waals surface area (Å²) < 4.78 is 7.25. The molecule has 0 N–H and O–H groups in total. The normalized spacial score (nSPS) is 17.4. The molecule has 0 unspecified atom stereocenters. The Morgan fingerprint density at radius 3 is 2.88 bits per heavy atom. The number of piperidine rings is 1. The van der Waals surface area contributed by atoms with Crippen molar-refractivity contribution < 1.29 is 9.32 Å². The third kappa shape index (κ3) is 3.10. The summed E-state index contributed by atoms with van der Waals surface area (Å²) >= 11 is 0. The Labute approximate surface area is 150 Å². The number of aromatic nitrogens is 5. The summed E-state index contributed by atoms with van der Waals surface area (Å²) in [6.45, 7) is 3.38. The fraction of sp³-hybridized carbons (Fsp3) is 0.389. The van der Waals surface area contributed by atoms with Crippen molar-refractivity contribution >= 4 is 5.91 Å². The minimum Gasteiger partial charge on any atom is -0.337 e. The number of carbonyl (C=O) groups excluding carboxylic acids is 1. The van der Waals surface area contributed by atoms with Crippen molar-refractivity contribution in [3.8, 4) is 11.4 Å². The SMILES string of the molecule is CCn1ccc(C(=O)N2CCCC[C@H]2c2nc(-c3ccncc3)no2)n1. The summed E-state index contributed by atoms with van der Waals surface area (Å²) in [5, 5.41) is 8.41. The van der Waals surface area contributed by atoms with Gasteiger partial charge in [0.15, 0.2) is 0 Å². The van der Waals surface area contributed by atoms with Gasteiger partial charge < -0.3 is 9.42 Å². The van der Waals surface area contributed by atoms with Crippen molar-refractivity contribution in [1.82, 2.24) is 29.8 Å². The van der Waals surface area contributed by atoms with E-state index >= 15 is 0 Å². The predicted molar refractivity (Wildman–Crippen MR) is 93.1 cm³/mol. The molecule has 4 heterocycles. The van der Waals surface area contributed by atoms with E-state index in [0.717, 1.165) is 31.4 Å². The smallest absolute Gasteiger partial charge is 0.275 e. The molecule has 0 saturated carbocycles. The van der Waals surface area contributed by atoms with Crippen LogP contribution in [0.2, 0.25) is 0 Å². The van der Waals surface area contributed by atoms with Crippen LogP contribution in [0.3, 0.4) is 0 Å². The largest absolute Gasteiger partial charge is 0.337 e. The van der Waals surface area contributed by atoms with Crippen molar-refractivity contribution in [1.29, 1.82) is 0 Å². The highest BCUT2D eigenvalue weighted by atomic mass is 16.5. The molecule has 0 spiro atoms. The standard InChI is InChI=1S/C18H20N6O2/c1-2-23-12-8-14(21-23)18(25)24-11-4-3-5-15(24)17-20-16(22-26-17)13-6-9-19-10-7-13/h6-10,12,15H,2-5,11H2,1H3/t15-/m0/s1. The summed E-state index contributed by atoms with van der Waals surface area (Å²) in [5.41, 5.74) is 1.29. The van der Waals surface area contributed by atoms with E-state index in [2.05, 4.69) is 20.2 Å². The molecule has 8 nitrogen and oxygen atoms in total. The van der Waals surface area contributed by atoms with Gasteiger partial charge in [0.2, 0.25) is 11.7 Å². The number of hydrogen-bond acceptors (Lipinski definition) is 6. The fourth-order valence-electron chi connectivity index (χ4n) is 3.22. The molecule has 134 valence electrons. The molecule has 4 rings (SSSR count). The molecule has 1 aliphatic rings. The molecule has 1 aliphatic heterocycles. The molecule has 8 heteroatoms. The first-order valence-corrected chi connectivity index (χ1v) is 8.84. The Morgan fingerprint density at radius 2 is 2.12 bits per heavy atom. The van der Waals surface area contributed by atoms with Crippen LogP contribution in [0.1, 0.15) is 48.6 Å². The molecule has 1 fully saturated rings. The zero-order valence-electron chi connectivity index (χ0n) is 14.6. The third-order valence-electron chi connectivity index (χ3n) is 4.61. The van der Waals surface area contributed by atoms with E-state index < -0.39 is 0 Å². The van der Waals surface area contributed by atoms with Crippen LogP contribution in [-0.2, 0) is 6.54 Å². The van der Waals surface area contributed by atoms with E-state index in [1.165, 1.54) is 0 Å². The van der Waals surface area contributed by atoms with Crippen molar-refractivity contribution in [2.24, 2.45) is 0 Å². The summed E-state index contributed by atoms with van der Waals surface area (Å²) in [6.07, 6.45) is 7.98. The van der Waals surface area contributed by atoms with Gasteiger partial charge in [-0.2, -0.15) is 10.1 Å². The first-order valence-electron chi connectivity index (χ1n) is 8.84. The van der Waals surface area contributed by atoms with Gasteiger partial charge in [0.1, 0.15) is 11.7 Å². The van der Waals surface area contributed by atoms with Gasteiger partial charge in [-0.3, -0.25) is 14.5 Å². The molecule has 1 amide bonds. The highest BCUT2D eigenvalue weighted by molar-refractivity contribution is 5.92. The predicted octanol–water partition coefficient (Wildman–Crippen LogP) is 2.72. The van der Waals surface area contributed by atoms with E-state index in [-0.39, 0.29) is 11.9 Å². The van der Waals surface area contributed by atoms with Crippen LogP contribution < -0.4 is 0 Å². The Morgan fingerprint density at radius 1 is 1.27 bits per heavy atom. The molecular formula is C18H20N6O2. The quantitative estimate of drug-likeness (QED) is 0.717. The molecule has 3 aromatic heterocycles. The highest BCUT2D eigenvalue weighted by Gasteiger charge is 2.33. The summed E-state index contributed by atoms with van der Waals surface area (Å²) in [7, 11) is 0. The average Bonchev–Trinajstić information content (AvgIpc) is 3.38. The van der Waals surface area contributed by atoms with Gasteiger partial charge in [0, 0.05) is 37.2 Å². The monoisotopic (exact) mass is 352 g/mol. The summed E-state index contributed by atoms with van der Waals surface area (Å²) in [6, 6.07) is 5.20. The van der Waals surface area contributed by atoms with Gasteiger partial charge in [-0.05, 0) is 44.4 Å². The maximum atomic E-state index is 12.9. The van der Waals surface area contributed by atoms with Crippen molar-refractivity contribution in [3.05, 3.63) is 48.4 Å². The minimum atomic E-state index is -0.217. The van der Waals surface area contributed by atoms with E-state index in [4.69, 9.17) is 4.52 Å². The van der Waals surface area contributed by atoms with Crippen LogP contribution in [0.25, 0.3) is 11.4 Å². The van der Waals surface area contributed by atoms with Crippen molar-refractivity contribution in [2.45, 2.75) is 38.8 Å². The first kappa shape index (κ1) is 16.4. The summed E-state index contributed by atoms with van der Waals surface area (Å²) in [5.74, 6) is 0.890. The Balaban J connectivity index is 1.60. The second-order valence-corrected chi connectivity index (χ2v) is 6.26. The summed E-state index contributed by atoms with van der Waals surface area (Å²) in [4.78, 5) is 23.3. The number of amides is 1. The van der Waals surface area contributed by atoms with Crippen LogP contribution in [0, 0.1) is 0 Å². The molecule has 0 aliphatic carbocycles. The Bertz CT molecular complexity index is 888. The van der Waals surface area contributed by atoms with Gasteiger partial charge in [-0.1, -0.05) is 5.16 Å². The number of aryl methyl sites for hydroxylation is 1. The van der Waals surface area contributed by atoms with Gasteiger partial charge in [0.25, 0.3) is 5.91 Å². The number of hydrogen-bond donors (Lipinski definition) is 0. The van der Waals surface area contributed by atoms with Crippen LogP contribution in [0.5, 0.6) is 0 Å². The Kier molecular flexibility index (Phi) is 4.47. The second kappa shape index (κ2) is 7.07. The third-order valence-corrected chi connectivity index (χ3v) is 4.61. The number of pyridine rings is 1. The molecular weight excluding hydrogens is 332 g/mol. The molecule has 0 radical (unpaired) electrons. The topological polar surface area (TPSA) is 89.9 Å². The van der Waals surface area contributed by atoms with Crippen LogP contribution >= 0.6 is 0 Å². The fourth-order valence-corrected chi connectivity index (χ4v) is 3.22. The van der Waals surface area contributed by atoms with E-state index in [1.54, 1.807) is 28.0 Å². The van der Waals surface area contributed by atoms with E-state index in [1.807, 2.05) is 25.3 Å². The van der Waals surface area contributed by atoms with Crippen LogP contribution in [-0.4, -0.2) is 42.3 Å². The lowest BCUT2D eigenvalue weighted by atomic mass is 10.0. The van der Waals surface area contributed by atoms with Gasteiger partial charge in [-0.25, -0.2) is 0 Å². The molecule has 1 saturated heterocycles.